The molecule has 0 aliphatic carbocycles. The highest BCUT2D eigenvalue weighted by atomic mass is 16.2. The number of likely N-dealkylation sites (tertiary alicyclic amines) is 1. The fourth-order valence-corrected chi connectivity index (χ4v) is 2.44. The minimum absolute atomic E-state index is 0.132. The van der Waals surface area contributed by atoms with Gasteiger partial charge in [-0.05, 0) is 32.0 Å². The number of nitrogens with one attached hydrogen (secondary N) is 1. The van der Waals surface area contributed by atoms with Crippen LogP contribution in [0.5, 0.6) is 0 Å². The molecular weight excluding hydrogens is 242 g/mol. The van der Waals surface area contributed by atoms with Crippen LogP contribution < -0.4 is 11.1 Å². The molecule has 0 bridgehead atoms. The molecule has 5 nitrogen and oxygen atoms in total. The molecule has 102 valence electrons. The molecule has 2 rings (SSSR count). The molecule has 1 aliphatic heterocycles. The number of primary amides is 1. The molecule has 1 fully saturated rings. The van der Waals surface area contributed by atoms with Gasteiger partial charge in [-0.2, -0.15) is 0 Å². The number of hydrogen-bond donors (Lipinski definition) is 2. The lowest BCUT2D eigenvalue weighted by molar-refractivity contribution is -0.130. The number of carbonyl (C=O) groups is 2. The van der Waals surface area contributed by atoms with Gasteiger partial charge < -0.3 is 11.1 Å². The zero-order valence-corrected chi connectivity index (χ0v) is 11.0. The molecular formula is C14H19N3O2. The minimum atomic E-state index is -0.761. The first kappa shape index (κ1) is 13.5. The topological polar surface area (TPSA) is 75.4 Å². The van der Waals surface area contributed by atoms with Gasteiger partial charge in [0.1, 0.15) is 6.04 Å². The Morgan fingerprint density at radius 3 is 2.58 bits per heavy atom. The Labute approximate surface area is 112 Å². The van der Waals surface area contributed by atoms with Crippen molar-refractivity contribution < 1.29 is 9.59 Å². The van der Waals surface area contributed by atoms with Gasteiger partial charge in [-0.15, -0.1) is 0 Å². The zero-order chi connectivity index (χ0) is 13.8. The van der Waals surface area contributed by atoms with Crippen molar-refractivity contribution in [2.45, 2.75) is 24.9 Å². The number of hydrogen-bond acceptors (Lipinski definition) is 3. The normalized spacial score (nSPS) is 21.0. The third kappa shape index (κ3) is 3.12. The summed E-state index contributed by atoms with van der Waals surface area (Å²) in [6, 6.07) is 8.14. The molecule has 3 N–H and O–H groups in total. The number of nitrogens with two attached hydrogens (primary N) is 1. The monoisotopic (exact) mass is 261 g/mol. The van der Waals surface area contributed by atoms with Gasteiger partial charge in [-0.25, -0.2) is 0 Å². The Morgan fingerprint density at radius 1 is 1.37 bits per heavy atom. The maximum atomic E-state index is 12.2. The van der Waals surface area contributed by atoms with Gasteiger partial charge >= 0.3 is 0 Å². The van der Waals surface area contributed by atoms with Crippen molar-refractivity contribution in [2.75, 3.05) is 13.6 Å². The van der Waals surface area contributed by atoms with Gasteiger partial charge in [0.2, 0.25) is 11.8 Å². The average Bonchev–Trinajstić information content (AvgIpc) is 2.82. The Morgan fingerprint density at radius 2 is 2.05 bits per heavy atom. The second kappa shape index (κ2) is 5.84. The van der Waals surface area contributed by atoms with Crippen LogP contribution in [-0.4, -0.2) is 36.3 Å². The Hall–Kier alpha value is -1.88. The summed E-state index contributed by atoms with van der Waals surface area (Å²) in [6.07, 6.45) is 1.82. The number of benzene rings is 1. The second-order valence-corrected chi connectivity index (χ2v) is 4.89. The number of nitrogens with zero attached hydrogens (tertiary/aromatic N) is 1. The summed E-state index contributed by atoms with van der Waals surface area (Å²) in [5.74, 6) is -0.673. The maximum absolute atomic E-state index is 12.2. The molecule has 0 spiro atoms. The van der Waals surface area contributed by atoms with E-state index in [9.17, 15) is 9.59 Å². The van der Waals surface area contributed by atoms with Gasteiger partial charge in [0, 0.05) is 0 Å². The lowest BCUT2D eigenvalue weighted by atomic mass is 10.1. The summed E-state index contributed by atoms with van der Waals surface area (Å²) in [5.41, 5.74) is 6.10. The van der Waals surface area contributed by atoms with E-state index in [-0.39, 0.29) is 11.9 Å². The molecule has 1 aromatic carbocycles. The molecule has 2 atom stereocenters. The van der Waals surface area contributed by atoms with Gasteiger partial charge in [-0.1, -0.05) is 30.3 Å². The molecule has 0 radical (unpaired) electrons. The fourth-order valence-electron chi connectivity index (χ4n) is 2.44. The molecule has 19 heavy (non-hydrogen) atoms. The molecule has 0 aromatic heterocycles. The van der Waals surface area contributed by atoms with Crippen molar-refractivity contribution >= 4 is 11.8 Å². The summed E-state index contributed by atoms with van der Waals surface area (Å²) in [6.45, 7) is 0.907. The highest BCUT2D eigenvalue weighted by Crippen LogP contribution is 2.17. The van der Waals surface area contributed by atoms with Crippen LogP contribution >= 0.6 is 0 Å². The zero-order valence-electron chi connectivity index (χ0n) is 11.0. The van der Waals surface area contributed by atoms with Crippen molar-refractivity contribution in [2.24, 2.45) is 5.73 Å². The summed E-state index contributed by atoms with van der Waals surface area (Å²) in [5, 5.41) is 2.75. The predicted molar refractivity (Wildman–Crippen MR) is 72.2 cm³/mol. The number of amides is 2. The van der Waals surface area contributed by atoms with E-state index in [4.69, 9.17) is 5.73 Å². The van der Waals surface area contributed by atoms with Crippen molar-refractivity contribution in [3.63, 3.8) is 0 Å². The first-order valence-electron chi connectivity index (χ1n) is 6.44. The van der Waals surface area contributed by atoms with Gasteiger partial charge in [0.05, 0.1) is 6.04 Å². The van der Waals surface area contributed by atoms with Gasteiger partial charge in [-0.3, -0.25) is 14.5 Å². The third-order valence-corrected chi connectivity index (χ3v) is 3.53. The average molecular weight is 261 g/mol. The van der Waals surface area contributed by atoms with Gasteiger partial charge in [0.15, 0.2) is 0 Å². The number of likely N-dealkylation sites (N-methyl/N-ethyl adjacent to an activating group) is 1. The molecule has 0 unspecified atom stereocenters. The Bertz CT molecular complexity index is 461. The van der Waals surface area contributed by atoms with E-state index in [1.54, 1.807) is 12.1 Å². The van der Waals surface area contributed by atoms with Crippen LogP contribution in [0.2, 0.25) is 0 Å². The summed E-state index contributed by atoms with van der Waals surface area (Å²) in [4.78, 5) is 25.7. The molecule has 1 aromatic rings. The molecule has 1 heterocycles. The largest absolute Gasteiger partial charge is 0.368 e. The molecule has 5 heteroatoms. The van der Waals surface area contributed by atoms with Crippen LogP contribution in [-0.2, 0) is 9.59 Å². The first-order valence-corrected chi connectivity index (χ1v) is 6.44. The van der Waals surface area contributed by atoms with Crippen LogP contribution in [0.3, 0.4) is 0 Å². The Balaban J connectivity index is 2.09. The maximum Gasteiger partial charge on any atom is 0.244 e. The summed E-state index contributed by atoms with van der Waals surface area (Å²) in [7, 11) is 1.92. The highest BCUT2D eigenvalue weighted by Gasteiger charge is 2.30. The lowest BCUT2D eigenvalue weighted by Gasteiger charge is -2.22. The second-order valence-electron chi connectivity index (χ2n) is 4.89. The Kier molecular flexibility index (Phi) is 4.16. The standard InChI is InChI=1S/C14H19N3O2/c1-17-9-5-8-11(17)14(19)16-12(13(15)18)10-6-3-2-4-7-10/h2-4,6-7,11-12H,5,8-9H2,1H3,(H2,15,18)(H,16,19)/t11-,12-/m1/s1. The third-order valence-electron chi connectivity index (χ3n) is 3.53. The molecule has 1 saturated heterocycles. The van der Waals surface area contributed by atoms with E-state index in [1.165, 1.54) is 0 Å². The van der Waals surface area contributed by atoms with E-state index in [1.807, 2.05) is 30.1 Å². The van der Waals surface area contributed by atoms with Crippen molar-refractivity contribution in [1.29, 1.82) is 0 Å². The molecule has 2 amide bonds. The van der Waals surface area contributed by atoms with Crippen LogP contribution in [0.25, 0.3) is 0 Å². The van der Waals surface area contributed by atoms with Crippen molar-refractivity contribution in [3.05, 3.63) is 35.9 Å². The van der Waals surface area contributed by atoms with Crippen molar-refractivity contribution in [3.8, 4) is 0 Å². The fraction of sp³-hybridized carbons (Fsp3) is 0.429. The number of rotatable bonds is 4. The van der Waals surface area contributed by atoms with E-state index < -0.39 is 11.9 Å². The van der Waals surface area contributed by atoms with E-state index >= 15 is 0 Å². The van der Waals surface area contributed by atoms with E-state index in [0.717, 1.165) is 19.4 Å². The van der Waals surface area contributed by atoms with Crippen molar-refractivity contribution in [1.82, 2.24) is 10.2 Å². The smallest absolute Gasteiger partial charge is 0.244 e. The predicted octanol–water partition coefficient (Wildman–Crippen LogP) is 0.423. The highest BCUT2D eigenvalue weighted by molar-refractivity contribution is 5.89. The van der Waals surface area contributed by atoms with Crippen LogP contribution in [0, 0.1) is 0 Å². The first-order chi connectivity index (χ1) is 9.09. The van der Waals surface area contributed by atoms with E-state index in [0.29, 0.717) is 5.56 Å². The van der Waals surface area contributed by atoms with E-state index in [2.05, 4.69) is 5.32 Å². The lowest BCUT2D eigenvalue weighted by Crippen LogP contribution is -2.46. The minimum Gasteiger partial charge on any atom is -0.368 e. The molecule has 1 aliphatic rings. The SMILES string of the molecule is CN1CCC[C@@H]1C(=O)N[C@@H](C(N)=O)c1ccccc1. The summed E-state index contributed by atoms with van der Waals surface area (Å²) >= 11 is 0. The van der Waals surface area contributed by atoms with Crippen LogP contribution in [0.15, 0.2) is 30.3 Å². The molecule has 0 saturated carbocycles. The quantitative estimate of drug-likeness (QED) is 0.825. The van der Waals surface area contributed by atoms with Gasteiger partial charge in [0.25, 0.3) is 0 Å². The van der Waals surface area contributed by atoms with Crippen LogP contribution in [0.4, 0.5) is 0 Å². The summed E-state index contributed by atoms with van der Waals surface area (Å²) < 4.78 is 0. The number of carbonyl (C=O) groups excluding carboxylic acids is 2. The van der Waals surface area contributed by atoms with Crippen LogP contribution in [0.1, 0.15) is 24.4 Å².